The SMILES string of the molecule is COc1ccc2c(c1)CC[C@@H]1[C@@H]2CC[C@]2(C)C(=O)CC3=CC312. The first-order valence-electron chi connectivity index (χ1n) is 8.52. The smallest absolute Gasteiger partial charge is 0.144 e. The van der Waals surface area contributed by atoms with Crippen molar-refractivity contribution in [1.82, 2.24) is 0 Å². The molecule has 0 N–H and O–H groups in total. The van der Waals surface area contributed by atoms with E-state index in [2.05, 4.69) is 31.2 Å². The van der Waals surface area contributed by atoms with Crippen LogP contribution in [-0.2, 0) is 11.2 Å². The summed E-state index contributed by atoms with van der Waals surface area (Å²) in [5, 5.41) is 0. The third-order valence-electron chi connectivity index (χ3n) is 7.23. The van der Waals surface area contributed by atoms with Crippen LogP contribution in [0.15, 0.2) is 29.8 Å². The van der Waals surface area contributed by atoms with Gasteiger partial charge in [-0.1, -0.05) is 24.6 Å². The summed E-state index contributed by atoms with van der Waals surface area (Å²) in [7, 11) is 1.74. The van der Waals surface area contributed by atoms with Gasteiger partial charge in [-0.25, -0.2) is 0 Å². The first-order chi connectivity index (χ1) is 10.6. The minimum atomic E-state index is -0.0898. The molecule has 1 aromatic rings. The fourth-order valence-corrected chi connectivity index (χ4v) is 6.01. The maximum Gasteiger partial charge on any atom is 0.144 e. The van der Waals surface area contributed by atoms with Crippen LogP contribution in [0.5, 0.6) is 5.75 Å². The average molecular weight is 294 g/mol. The molecule has 0 radical (unpaired) electrons. The minimum absolute atomic E-state index is 0.0898. The largest absolute Gasteiger partial charge is 0.497 e. The standard InChI is InChI=1S/C20H22O2/c1-19-8-7-16-15-5-4-14(22-2)9-12(15)3-6-17(16)20(19)11-13(20)10-18(19)21/h4-5,9,11,16-17H,3,6-8,10H2,1-2H3/t16-,17-,19-,20?/m1/s1. The molecule has 0 saturated heterocycles. The van der Waals surface area contributed by atoms with E-state index in [0.29, 0.717) is 17.6 Å². The molecule has 0 heterocycles. The Balaban J connectivity index is 1.58. The summed E-state index contributed by atoms with van der Waals surface area (Å²) in [5.74, 6) is 2.75. The highest BCUT2D eigenvalue weighted by molar-refractivity contribution is 5.96. The molecule has 0 aromatic heterocycles. The number of aryl methyl sites for hydroxylation is 1. The number of carbonyl (C=O) groups excluding carboxylic acids is 1. The summed E-state index contributed by atoms with van der Waals surface area (Å²) in [4.78, 5) is 12.5. The van der Waals surface area contributed by atoms with E-state index in [0.717, 1.165) is 31.4 Å². The van der Waals surface area contributed by atoms with Gasteiger partial charge in [-0.2, -0.15) is 0 Å². The van der Waals surface area contributed by atoms with Crippen LogP contribution in [0.4, 0.5) is 0 Å². The second kappa shape index (κ2) is 3.84. The normalized spacial score (nSPS) is 41.0. The van der Waals surface area contributed by atoms with Crippen molar-refractivity contribution in [2.75, 3.05) is 7.11 Å². The van der Waals surface area contributed by atoms with Crippen LogP contribution in [0.25, 0.3) is 0 Å². The van der Waals surface area contributed by atoms with Gasteiger partial charge in [0.1, 0.15) is 11.5 Å². The fraction of sp³-hybridized carbons (Fsp3) is 0.550. The van der Waals surface area contributed by atoms with Gasteiger partial charge < -0.3 is 4.74 Å². The highest BCUT2D eigenvalue weighted by Crippen LogP contribution is 2.76. The van der Waals surface area contributed by atoms with E-state index in [4.69, 9.17) is 4.74 Å². The van der Waals surface area contributed by atoms with Crippen molar-refractivity contribution >= 4 is 5.78 Å². The predicted molar refractivity (Wildman–Crippen MR) is 85.0 cm³/mol. The van der Waals surface area contributed by atoms with Gasteiger partial charge in [0.05, 0.1) is 7.11 Å². The fourth-order valence-electron chi connectivity index (χ4n) is 6.01. The summed E-state index contributed by atoms with van der Waals surface area (Å²) in [6.45, 7) is 2.24. The molecule has 2 fully saturated rings. The van der Waals surface area contributed by atoms with E-state index in [-0.39, 0.29) is 10.8 Å². The first-order valence-corrected chi connectivity index (χ1v) is 8.52. The van der Waals surface area contributed by atoms with Gasteiger partial charge in [0.25, 0.3) is 0 Å². The zero-order valence-corrected chi connectivity index (χ0v) is 13.3. The topological polar surface area (TPSA) is 26.3 Å². The number of rotatable bonds is 1. The van der Waals surface area contributed by atoms with Crippen molar-refractivity contribution in [1.29, 1.82) is 0 Å². The average Bonchev–Trinajstić information content (AvgIpc) is 3.19. The monoisotopic (exact) mass is 294 g/mol. The highest BCUT2D eigenvalue weighted by atomic mass is 16.5. The van der Waals surface area contributed by atoms with Crippen LogP contribution < -0.4 is 4.74 Å². The van der Waals surface area contributed by atoms with Gasteiger partial charge in [-0.3, -0.25) is 4.79 Å². The number of fused-ring (bicyclic) bond motifs is 3. The molecule has 4 aliphatic rings. The zero-order chi connectivity index (χ0) is 15.1. The molecule has 4 atom stereocenters. The second-order valence-corrected chi connectivity index (χ2v) is 7.83. The Morgan fingerprint density at radius 2 is 2.14 bits per heavy atom. The van der Waals surface area contributed by atoms with Crippen LogP contribution in [-0.4, -0.2) is 12.9 Å². The third kappa shape index (κ3) is 1.27. The molecule has 4 aliphatic carbocycles. The minimum Gasteiger partial charge on any atom is -0.497 e. The Morgan fingerprint density at radius 3 is 2.95 bits per heavy atom. The quantitative estimate of drug-likeness (QED) is 0.731. The van der Waals surface area contributed by atoms with E-state index >= 15 is 0 Å². The zero-order valence-electron chi connectivity index (χ0n) is 13.3. The molecule has 0 aliphatic heterocycles. The Kier molecular flexibility index (Phi) is 2.26. The molecule has 0 amide bonds. The number of methoxy groups -OCH3 is 1. The Labute approximate surface area is 131 Å². The number of Topliss-reactive ketones (excluding diaryl/α,β-unsaturated/α-hetero) is 1. The van der Waals surface area contributed by atoms with Crippen molar-refractivity contribution < 1.29 is 9.53 Å². The molecular weight excluding hydrogens is 272 g/mol. The van der Waals surface area contributed by atoms with E-state index < -0.39 is 0 Å². The third-order valence-corrected chi connectivity index (χ3v) is 7.23. The van der Waals surface area contributed by atoms with Crippen molar-refractivity contribution in [2.45, 2.75) is 44.9 Å². The molecule has 1 unspecified atom stereocenters. The van der Waals surface area contributed by atoms with Crippen molar-refractivity contribution in [3.8, 4) is 5.75 Å². The Hall–Kier alpha value is -1.57. The molecule has 2 saturated carbocycles. The maximum atomic E-state index is 12.5. The summed E-state index contributed by atoms with van der Waals surface area (Å²) in [6, 6.07) is 6.61. The first kappa shape index (κ1) is 12.9. The number of benzene rings is 1. The Morgan fingerprint density at radius 1 is 1.27 bits per heavy atom. The second-order valence-electron chi connectivity index (χ2n) is 7.83. The van der Waals surface area contributed by atoms with Gasteiger partial charge in [-0.15, -0.1) is 0 Å². The number of ether oxygens (including phenoxy) is 1. The Bertz CT molecular complexity index is 731. The van der Waals surface area contributed by atoms with Gasteiger partial charge in [0.15, 0.2) is 0 Å². The van der Waals surface area contributed by atoms with Crippen molar-refractivity contribution in [3.63, 3.8) is 0 Å². The van der Waals surface area contributed by atoms with E-state index in [1.165, 1.54) is 23.1 Å². The van der Waals surface area contributed by atoms with E-state index in [9.17, 15) is 4.79 Å². The molecule has 114 valence electrons. The van der Waals surface area contributed by atoms with E-state index in [1.807, 2.05) is 0 Å². The molecule has 1 spiro atoms. The van der Waals surface area contributed by atoms with E-state index in [1.54, 1.807) is 7.11 Å². The lowest BCUT2D eigenvalue weighted by Gasteiger charge is -2.50. The van der Waals surface area contributed by atoms with Gasteiger partial charge in [0.2, 0.25) is 0 Å². The summed E-state index contributed by atoms with van der Waals surface area (Å²) < 4.78 is 5.39. The molecule has 0 bridgehead atoms. The molecule has 2 nitrogen and oxygen atoms in total. The van der Waals surface area contributed by atoms with Crippen LogP contribution in [0, 0.1) is 16.7 Å². The number of allylic oxidation sites excluding steroid dienone is 2. The maximum absolute atomic E-state index is 12.5. The number of ketones is 1. The molecule has 5 rings (SSSR count). The lowest BCUT2D eigenvalue weighted by Crippen LogP contribution is -2.46. The molecule has 1 aromatic carbocycles. The van der Waals surface area contributed by atoms with Crippen LogP contribution in [0.3, 0.4) is 0 Å². The number of hydrogen-bond donors (Lipinski definition) is 0. The molecule has 22 heavy (non-hydrogen) atoms. The summed E-state index contributed by atoms with van der Waals surface area (Å²) in [5.41, 5.74) is 4.52. The number of carbonyl (C=O) groups is 1. The highest BCUT2D eigenvalue weighted by Gasteiger charge is 2.71. The number of hydrogen-bond acceptors (Lipinski definition) is 2. The lowest BCUT2D eigenvalue weighted by atomic mass is 9.52. The lowest BCUT2D eigenvalue weighted by molar-refractivity contribution is -0.131. The van der Waals surface area contributed by atoms with Crippen LogP contribution in [0.1, 0.15) is 49.7 Å². The predicted octanol–water partition coefficient (Wildman–Crippen LogP) is 4.04. The summed E-state index contributed by atoms with van der Waals surface area (Å²) >= 11 is 0. The van der Waals surface area contributed by atoms with Crippen molar-refractivity contribution in [3.05, 3.63) is 41.0 Å². The summed E-state index contributed by atoms with van der Waals surface area (Å²) in [6.07, 6.45) is 7.75. The van der Waals surface area contributed by atoms with Gasteiger partial charge >= 0.3 is 0 Å². The molecular formula is C20H22O2. The van der Waals surface area contributed by atoms with Crippen molar-refractivity contribution in [2.24, 2.45) is 16.7 Å². The van der Waals surface area contributed by atoms with Gasteiger partial charge in [0, 0.05) is 17.3 Å². The van der Waals surface area contributed by atoms with Gasteiger partial charge in [-0.05, 0) is 60.8 Å². The van der Waals surface area contributed by atoms with Crippen LogP contribution in [0.2, 0.25) is 0 Å². The molecule has 2 heteroatoms. The van der Waals surface area contributed by atoms with Crippen LogP contribution >= 0.6 is 0 Å².